The first-order valence-corrected chi connectivity index (χ1v) is 32.7. The Morgan fingerprint density at radius 2 is 1.18 bits per heavy atom. The first kappa shape index (κ1) is 61.5. The molecule has 77 heavy (non-hydrogen) atoms. The monoisotopic (exact) mass is 1100 g/mol. The maximum atomic E-state index is 7.77. The number of alkyl halides is 1. The van der Waals surface area contributed by atoms with Crippen molar-refractivity contribution in [2.75, 3.05) is 34.3 Å². The van der Waals surface area contributed by atoms with Gasteiger partial charge in [-0.1, -0.05) is 142 Å². The molecule has 2 aliphatic heterocycles. The van der Waals surface area contributed by atoms with Gasteiger partial charge in [-0.05, 0) is 102 Å². The van der Waals surface area contributed by atoms with Gasteiger partial charge in [0.2, 0.25) is 0 Å². The fourth-order valence-electron chi connectivity index (χ4n) is 12.3. The summed E-state index contributed by atoms with van der Waals surface area (Å²) in [5.74, 6) is 3.11. The van der Waals surface area contributed by atoms with Crippen molar-refractivity contribution < 1.29 is 51.7 Å². The van der Waals surface area contributed by atoms with E-state index in [4.69, 9.17) is 69.9 Å². The lowest BCUT2D eigenvalue weighted by atomic mass is 9.41. The second-order valence-electron chi connectivity index (χ2n) is 24.3. The Morgan fingerprint density at radius 1 is 0.688 bits per heavy atom. The molecule has 3 aromatic carbocycles. The topological polar surface area (TPSA) is 102 Å². The summed E-state index contributed by atoms with van der Waals surface area (Å²) in [5, 5.41) is -0.0277. The van der Waals surface area contributed by atoms with E-state index in [-0.39, 0.29) is 42.6 Å². The van der Waals surface area contributed by atoms with Crippen LogP contribution in [0.15, 0.2) is 85.1 Å². The molecular formula is C63H96BClO11Si. The fourth-order valence-corrected chi connectivity index (χ4v) is 13.8. The van der Waals surface area contributed by atoms with Gasteiger partial charge >= 0.3 is 6.92 Å². The number of methoxy groups -OCH3 is 4. The highest BCUT2D eigenvalue weighted by atomic mass is 35.5. The molecule has 14 heteroatoms. The third-order valence-electron chi connectivity index (χ3n) is 18.0. The van der Waals surface area contributed by atoms with E-state index in [1.165, 1.54) is 64.2 Å². The predicted molar refractivity (Wildman–Crippen MR) is 312 cm³/mol. The summed E-state index contributed by atoms with van der Waals surface area (Å²) in [6.45, 7) is 21.8. The van der Waals surface area contributed by atoms with Crippen LogP contribution in [0.1, 0.15) is 148 Å². The molecule has 0 aromatic heterocycles. The van der Waals surface area contributed by atoms with Gasteiger partial charge in [-0.25, -0.2) is 0 Å². The van der Waals surface area contributed by atoms with E-state index in [9.17, 15) is 0 Å². The molecule has 2 heterocycles. The number of unbranched alkanes of at least 4 members (excludes halogenated alkanes) is 1. The van der Waals surface area contributed by atoms with Crippen molar-refractivity contribution in [3.8, 4) is 17.2 Å². The van der Waals surface area contributed by atoms with E-state index in [1.807, 2.05) is 48.5 Å². The number of benzene rings is 3. The number of hydrogen-bond donors (Lipinski definition) is 0. The maximum Gasteiger partial charge on any atom is 0.363 e. The summed E-state index contributed by atoms with van der Waals surface area (Å²) in [4.78, 5) is 0. The van der Waals surface area contributed by atoms with Crippen LogP contribution >= 0.6 is 11.6 Å². The van der Waals surface area contributed by atoms with Gasteiger partial charge in [0, 0.05) is 37.7 Å². The van der Waals surface area contributed by atoms with E-state index in [0.29, 0.717) is 43.6 Å². The van der Waals surface area contributed by atoms with E-state index in [0.717, 1.165) is 59.0 Å². The molecule has 428 valence electrons. The molecule has 2 saturated heterocycles. The minimum atomic E-state index is -2.32. The highest BCUT2D eigenvalue weighted by Crippen LogP contribution is 2.49. The Morgan fingerprint density at radius 3 is 1.65 bits per heavy atom. The van der Waals surface area contributed by atoms with Crippen LogP contribution in [0.2, 0.25) is 29.8 Å². The molecule has 3 aromatic rings. The van der Waals surface area contributed by atoms with Gasteiger partial charge in [0.1, 0.15) is 29.5 Å². The fraction of sp³-hybridized carbons (Fsp3) is 0.683. The van der Waals surface area contributed by atoms with Crippen LogP contribution in [0.5, 0.6) is 17.2 Å². The molecule has 0 unspecified atom stereocenters. The molecule has 2 saturated carbocycles. The van der Waals surface area contributed by atoms with Crippen LogP contribution < -0.4 is 14.2 Å². The molecule has 0 radical (unpaired) electrons. The van der Waals surface area contributed by atoms with Crippen molar-refractivity contribution in [1.82, 2.24) is 0 Å². The average molecular weight is 1100 g/mol. The largest absolute Gasteiger partial charge is 0.563 e. The van der Waals surface area contributed by atoms with Gasteiger partial charge in [0.15, 0.2) is 14.1 Å². The maximum absolute atomic E-state index is 7.77. The highest BCUT2D eigenvalue weighted by Gasteiger charge is 2.60. The summed E-state index contributed by atoms with van der Waals surface area (Å²) >= 11 is 6.34. The standard InChI is InChI=1S/C63H96BClO11Si/c1-44(75-64(50-21-15-13-16-22-50)51-23-17-14-18-24-51)39-56-60(71-42-48-28-34-53(67-8)35-29-48)58(70-41-47-26-32-52(66-7)33-27-47)46(3)59(73-56)61(72-43-49-30-36-54(68-9)37-31-49)63(69-10)40-57(76-77(11,12)62(4,5)6)45(2)55(74-63)25-19-20-38-65/h26-37,45-46,50-51,55-61H,1,13-25,38-43H2,2-12H3/t45-,46+,55+,56+,57-,58+,59+,60+,61-,63+/m0/s1. The zero-order chi connectivity index (χ0) is 55.2. The summed E-state index contributed by atoms with van der Waals surface area (Å²) in [6, 6.07) is 24.2. The summed E-state index contributed by atoms with van der Waals surface area (Å²) in [7, 11) is 4.49. The Bertz CT molecular complexity index is 2180. The SMILES string of the molecule is C=C(C[C@H]1O[C@@H]([C@H](OCc2ccc(OC)cc2)[C@@]2(OC)C[C@H](O[Si](C)(C)C(C)(C)C)[C@@H](C)[C@@H](CCCCCl)O2)[C@H](C)[C@@H](OCc2ccc(OC)cc2)[C@@H]1OCc1ccc(OC)cc1)OB(C1CCCCC1)C1CCCCC1. The van der Waals surface area contributed by atoms with Crippen LogP contribution in [0.3, 0.4) is 0 Å². The Balaban J connectivity index is 1.33. The molecule has 4 aliphatic rings. The van der Waals surface area contributed by atoms with E-state index in [2.05, 4.69) is 72.0 Å². The lowest BCUT2D eigenvalue weighted by molar-refractivity contribution is -0.368. The molecule has 10 atom stereocenters. The zero-order valence-electron chi connectivity index (χ0n) is 48.9. The molecule has 0 amide bonds. The van der Waals surface area contributed by atoms with Crippen LogP contribution in [-0.2, 0) is 57.3 Å². The van der Waals surface area contributed by atoms with Gasteiger partial charge in [-0.2, -0.15) is 0 Å². The van der Waals surface area contributed by atoms with Gasteiger partial charge in [0.05, 0.1) is 77.4 Å². The minimum absolute atomic E-state index is 0.0277. The smallest absolute Gasteiger partial charge is 0.363 e. The molecule has 0 spiro atoms. The Kier molecular flexibility index (Phi) is 23.2. The van der Waals surface area contributed by atoms with Crippen LogP contribution in [-0.4, -0.2) is 98.1 Å². The van der Waals surface area contributed by atoms with E-state index in [1.54, 1.807) is 28.4 Å². The third-order valence-corrected chi connectivity index (χ3v) is 22.8. The second-order valence-corrected chi connectivity index (χ2v) is 29.4. The average Bonchev–Trinajstić information content (AvgIpc) is 3.46. The summed E-state index contributed by atoms with van der Waals surface area (Å²) in [6.07, 6.45) is 12.3. The number of halogens is 1. The predicted octanol–water partition coefficient (Wildman–Crippen LogP) is 15.3. The van der Waals surface area contributed by atoms with Crippen LogP contribution in [0.25, 0.3) is 0 Å². The normalized spacial score (nSPS) is 27.2. The van der Waals surface area contributed by atoms with Gasteiger partial charge in [0.25, 0.3) is 0 Å². The van der Waals surface area contributed by atoms with Crippen molar-refractivity contribution in [3.63, 3.8) is 0 Å². The van der Waals surface area contributed by atoms with Crippen molar-refractivity contribution in [2.24, 2.45) is 11.8 Å². The number of rotatable bonds is 27. The highest BCUT2D eigenvalue weighted by molar-refractivity contribution is 6.74. The molecule has 0 bridgehead atoms. The lowest BCUT2D eigenvalue weighted by Crippen LogP contribution is -2.67. The van der Waals surface area contributed by atoms with Crippen molar-refractivity contribution in [1.29, 1.82) is 0 Å². The van der Waals surface area contributed by atoms with Gasteiger partial charge in [-0.3, -0.25) is 0 Å². The quantitative estimate of drug-likeness (QED) is 0.0316. The van der Waals surface area contributed by atoms with E-state index >= 15 is 0 Å². The van der Waals surface area contributed by atoms with Gasteiger partial charge in [-0.15, -0.1) is 11.6 Å². The molecule has 7 rings (SSSR count). The first-order chi connectivity index (χ1) is 37.0. The summed E-state index contributed by atoms with van der Waals surface area (Å²) < 4.78 is 75.7. The first-order valence-electron chi connectivity index (χ1n) is 29.2. The number of hydrogen-bond acceptors (Lipinski definition) is 11. The number of ether oxygens (including phenoxy) is 9. The zero-order valence-corrected chi connectivity index (χ0v) is 50.6. The second kappa shape index (κ2) is 29.0. The molecule has 0 N–H and O–H groups in total. The Hall–Kier alpha value is -3.11. The third kappa shape index (κ3) is 16.3. The Labute approximate surface area is 470 Å². The lowest BCUT2D eigenvalue weighted by Gasteiger charge is -2.55. The van der Waals surface area contributed by atoms with Crippen molar-refractivity contribution in [2.45, 2.75) is 229 Å². The molecule has 11 nitrogen and oxygen atoms in total. The molecular weight excluding hydrogens is 1010 g/mol. The minimum Gasteiger partial charge on any atom is -0.563 e. The molecule has 2 aliphatic carbocycles. The van der Waals surface area contributed by atoms with Crippen molar-refractivity contribution >= 4 is 26.8 Å². The summed E-state index contributed by atoms with van der Waals surface area (Å²) in [5.41, 5.74) is 3.00. The van der Waals surface area contributed by atoms with E-state index < -0.39 is 44.6 Å². The van der Waals surface area contributed by atoms with Gasteiger partial charge < -0.3 is 51.7 Å². The van der Waals surface area contributed by atoms with Crippen molar-refractivity contribution in [3.05, 3.63) is 102 Å². The van der Waals surface area contributed by atoms with Crippen LogP contribution in [0, 0.1) is 11.8 Å². The van der Waals surface area contributed by atoms with Crippen LogP contribution in [0.4, 0.5) is 0 Å². The molecule has 4 fully saturated rings.